The minimum atomic E-state index is -0.658. The molecule has 0 spiro atoms. The van der Waals surface area contributed by atoms with E-state index in [0.29, 0.717) is 5.92 Å². The van der Waals surface area contributed by atoms with Gasteiger partial charge in [0.1, 0.15) is 5.54 Å². The fraction of sp³-hybridized carbons (Fsp3) is 0.917. The summed E-state index contributed by atoms with van der Waals surface area (Å²) in [5.74, 6) is -0.0756. The molecule has 3 nitrogen and oxygen atoms in total. The Kier molecular flexibility index (Phi) is 4.58. The zero-order valence-corrected chi connectivity index (χ0v) is 9.88. The average molecular weight is 213 g/mol. The summed E-state index contributed by atoms with van der Waals surface area (Å²) < 4.78 is 0. The van der Waals surface area contributed by atoms with Crippen molar-refractivity contribution in [3.8, 4) is 0 Å². The number of carbonyl (C=O) groups is 1. The summed E-state index contributed by atoms with van der Waals surface area (Å²) >= 11 is 0. The Labute approximate surface area is 92.3 Å². The van der Waals surface area contributed by atoms with Crippen LogP contribution in [0.2, 0.25) is 0 Å². The lowest BCUT2D eigenvalue weighted by Gasteiger charge is -2.38. The second-order valence-corrected chi connectivity index (χ2v) is 4.68. The molecule has 0 radical (unpaired) electrons. The van der Waals surface area contributed by atoms with Gasteiger partial charge in [0.15, 0.2) is 0 Å². The van der Waals surface area contributed by atoms with Crippen LogP contribution in [0.1, 0.15) is 52.4 Å². The normalized spacial score (nSPS) is 31.5. The van der Waals surface area contributed by atoms with Crippen LogP contribution in [0, 0.1) is 5.92 Å². The summed E-state index contributed by atoms with van der Waals surface area (Å²) in [5, 5.41) is 12.6. The number of hydrogen-bond donors (Lipinski definition) is 2. The summed E-state index contributed by atoms with van der Waals surface area (Å²) in [6.45, 7) is 5.04. The van der Waals surface area contributed by atoms with Crippen LogP contribution < -0.4 is 5.32 Å². The van der Waals surface area contributed by atoms with Gasteiger partial charge in [-0.15, -0.1) is 0 Å². The number of nitrogens with one attached hydrogen (secondary N) is 1. The minimum Gasteiger partial charge on any atom is -0.480 e. The summed E-state index contributed by atoms with van der Waals surface area (Å²) in [5.41, 5.74) is -0.630. The Bertz CT molecular complexity index is 218. The SMILES string of the molecule is CCCNC1(C(=O)O)CCCC(CC)C1. The first kappa shape index (κ1) is 12.5. The molecule has 2 atom stereocenters. The highest BCUT2D eigenvalue weighted by molar-refractivity contribution is 5.79. The highest BCUT2D eigenvalue weighted by atomic mass is 16.4. The standard InChI is InChI=1S/C12H23NO2/c1-3-8-13-12(11(14)15)7-5-6-10(4-2)9-12/h10,13H,3-9H2,1-2H3,(H,14,15). The monoisotopic (exact) mass is 213 g/mol. The Balaban J connectivity index is 2.66. The Morgan fingerprint density at radius 3 is 2.80 bits per heavy atom. The van der Waals surface area contributed by atoms with Gasteiger partial charge in [0.2, 0.25) is 0 Å². The molecule has 15 heavy (non-hydrogen) atoms. The van der Waals surface area contributed by atoms with E-state index in [4.69, 9.17) is 0 Å². The molecule has 1 rings (SSSR count). The molecule has 0 saturated heterocycles. The molecule has 0 aromatic carbocycles. The van der Waals surface area contributed by atoms with E-state index in [1.807, 2.05) is 0 Å². The molecule has 3 heteroatoms. The quantitative estimate of drug-likeness (QED) is 0.737. The topological polar surface area (TPSA) is 49.3 Å². The first-order chi connectivity index (χ1) is 7.14. The van der Waals surface area contributed by atoms with Crippen LogP contribution in [-0.4, -0.2) is 23.2 Å². The van der Waals surface area contributed by atoms with Crippen LogP contribution in [0.25, 0.3) is 0 Å². The molecule has 2 N–H and O–H groups in total. The number of carboxylic acid groups (broad SMARTS) is 1. The molecule has 0 amide bonds. The number of rotatable bonds is 5. The lowest BCUT2D eigenvalue weighted by atomic mass is 9.74. The third kappa shape index (κ3) is 2.94. The smallest absolute Gasteiger partial charge is 0.323 e. The molecule has 0 aliphatic heterocycles. The number of carboxylic acids is 1. The fourth-order valence-corrected chi connectivity index (χ4v) is 2.53. The van der Waals surface area contributed by atoms with Crippen molar-refractivity contribution >= 4 is 5.97 Å². The number of hydrogen-bond acceptors (Lipinski definition) is 2. The second-order valence-electron chi connectivity index (χ2n) is 4.68. The fourth-order valence-electron chi connectivity index (χ4n) is 2.53. The molecule has 88 valence electrons. The van der Waals surface area contributed by atoms with E-state index in [0.717, 1.165) is 38.6 Å². The summed E-state index contributed by atoms with van der Waals surface area (Å²) in [6, 6.07) is 0. The first-order valence-electron chi connectivity index (χ1n) is 6.13. The maximum atomic E-state index is 11.4. The van der Waals surface area contributed by atoms with Crippen molar-refractivity contribution in [3.63, 3.8) is 0 Å². The second kappa shape index (κ2) is 5.50. The van der Waals surface area contributed by atoms with Crippen molar-refractivity contribution in [2.75, 3.05) is 6.54 Å². The summed E-state index contributed by atoms with van der Waals surface area (Å²) in [7, 11) is 0. The van der Waals surface area contributed by atoms with Crippen LogP contribution in [-0.2, 0) is 4.79 Å². The van der Waals surface area contributed by atoms with E-state index in [1.165, 1.54) is 6.42 Å². The third-order valence-corrected chi connectivity index (χ3v) is 3.55. The lowest BCUT2D eigenvalue weighted by Crippen LogP contribution is -2.55. The van der Waals surface area contributed by atoms with Gasteiger partial charge in [-0.3, -0.25) is 4.79 Å². The zero-order valence-electron chi connectivity index (χ0n) is 9.88. The molecule has 0 aromatic rings. The van der Waals surface area contributed by atoms with Gasteiger partial charge < -0.3 is 10.4 Å². The maximum absolute atomic E-state index is 11.4. The van der Waals surface area contributed by atoms with E-state index in [-0.39, 0.29) is 0 Å². The van der Waals surface area contributed by atoms with Crippen LogP contribution >= 0.6 is 0 Å². The summed E-state index contributed by atoms with van der Waals surface area (Å²) in [4.78, 5) is 11.4. The molecule has 1 aliphatic rings. The minimum absolute atomic E-state index is 0.583. The van der Waals surface area contributed by atoms with Crippen molar-refractivity contribution in [1.29, 1.82) is 0 Å². The molecule has 0 aromatic heterocycles. The van der Waals surface area contributed by atoms with Gasteiger partial charge >= 0.3 is 5.97 Å². The van der Waals surface area contributed by atoms with E-state index in [9.17, 15) is 9.90 Å². The van der Waals surface area contributed by atoms with Gasteiger partial charge in [-0.1, -0.05) is 33.1 Å². The van der Waals surface area contributed by atoms with E-state index < -0.39 is 11.5 Å². The molecular weight excluding hydrogens is 190 g/mol. The third-order valence-electron chi connectivity index (χ3n) is 3.55. The lowest BCUT2D eigenvalue weighted by molar-refractivity contribution is -0.147. The Morgan fingerprint density at radius 1 is 1.53 bits per heavy atom. The molecule has 1 saturated carbocycles. The predicted molar refractivity (Wildman–Crippen MR) is 60.9 cm³/mol. The van der Waals surface area contributed by atoms with Crippen molar-refractivity contribution in [1.82, 2.24) is 5.32 Å². The molecule has 0 bridgehead atoms. The van der Waals surface area contributed by atoms with Crippen molar-refractivity contribution in [3.05, 3.63) is 0 Å². The molecular formula is C12H23NO2. The van der Waals surface area contributed by atoms with Gasteiger partial charge in [0, 0.05) is 0 Å². The van der Waals surface area contributed by atoms with E-state index in [1.54, 1.807) is 0 Å². The highest BCUT2D eigenvalue weighted by Crippen LogP contribution is 2.34. The average Bonchev–Trinajstić information content (AvgIpc) is 2.26. The van der Waals surface area contributed by atoms with Crippen LogP contribution in [0.3, 0.4) is 0 Å². The van der Waals surface area contributed by atoms with Crippen LogP contribution in [0.15, 0.2) is 0 Å². The van der Waals surface area contributed by atoms with Crippen molar-refractivity contribution in [2.45, 2.75) is 57.9 Å². The van der Waals surface area contributed by atoms with Gasteiger partial charge in [0.25, 0.3) is 0 Å². The van der Waals surface area contributed by atoms with Gasteiger partial charge in [-0.05, 0) is 31.7 Å². The van der Waals surface area contributed by atoms with Crippen LogP contribution in [0.4, 0.5) is 0 Å². The molecule has 0 heterocycles. The van der Waals surface area contributed by atoms with Gasteiger partial charge in [-0.25, -0.2) is 0 Å². The van der Waals surface area contributed by atoms with Crippen molar-refractivity contribution in [2.24, 2.45) is 5.92 Å². The van der Waals surface area contributed by atoms with Gasteiger partial charge in [0.05, 0.1) is 0 Å². The summed E-state index contributed by atoms with van der Waals surface area (Å²) in [6.07, 6.45) is 5.92. The first-order valence-corrected chi connectivity index (χ1v) is 6.13. The van der Waals surface area contributed by atoms with E-state index in [2.05, 4.69) is 19.2 Å². The van der Waals surface area contributed by atoms with Crippen LogP contribution in [0.5, 0.6) is 0 Å². The Hall–Kier alpha value is -0.570. The largest absolute Gasteiger partial charge is 0.480 e. The van der Waals surface area contributed by atoms with E-state index >= 15 is 0 Å². The highest BCUT2D eigenvalue weighted by Gasteiger charge is 2.41. The zero-order chi connectivity index (χ0) is 11.3. The molecule has 1 fully saturated rings. The molecule has 2 unspecified atom stereocenters. The van der Waals surface area contributed by atoms with Crippen molar-refractivity contribution < 1.29 is 9.90 Å². The number of aliphatic carboxylic acids is 1. The molecule has 1 aliphatic carbocycles. The maximum Gasteiger partial charge on any atom is 0.323 e. The Morgan fingerprint density at radius 2 is 2.27 bits per heavy atom. The predicted octanol–water partition coefficient (Wildman–Crippen LogP) is 2.41. The van der Waals surface area contributed by atoms with Gasteiger partial charge in [-0.2, -0.15) is 0 Å².